The summed E-state index contributed by atoms with van der Waals surface area (Å²) in [6, 6.07) is 20.2. The van der Waals surface area contributed by atoms with Crippen molar-refractivity contribution < 1.29 is 18.3 Å². The summed E-state index contributed by atoms with van der Waals surface area (Å²) in [4.78, 5) is 4.48. The van der Waals surface area contributed by atoms with Crippen molar-refractivity contribution in [3.8, 4) is 22.9 Å². The van der Waals surface area contributed by atoms with E-state index in [1.54, 1.807) is 49.6 Å². The van der Waals surface area contributed by atoms with E-state index in [2.05, 4.69) is 10.1 Å². The van der Waals surface area contributed by atoms with Crippen molar-refractivity contribution in [2.45, 2.75) is 11.8 Å². The third kappa shape index (κ3) is 4.26. The molecule has 0 radical (unpaired) electrons. The minimum atomic E-state index is -4.04. The van der Waals surface area contributed by atoms with Crippen LogP contribution in [-0.2, 0) is 10.0 Å². The molecule has 32 heavy (non-hydrogen) atoms. The predicted octanol–water partition coefficient (Wildman–Crippen LogP) is 4.38. The number of ether oxygens (including phenoxy) is 1. The quantitative estimate of drug-likeness (QED) is 0.472. The molecule has 0 fully saturated rings. The Bertz CT molecular complexity index is 1370. The summed E-state index contributed by atoms with van der Waals surface area (Å²) >= 11 is 0. The van der Waals surface area contributed by atoms with E-state index in [0.717, 1.165) is 21.0 Å². The van der Waals surface area contributed by atoms with Crippen LogP contribution in [0.2, 0.25) is 0 Å². The van der Waals surface area contributed by atoms with Gasteiger partial charge in [0.15, 0.2) is 11.6 Å². The number of methoxy groups -OCH3 is 1. The van der Waals surface area contributed by atoms with E-state index in [0.29, 0.717) is 0 Å². The van der Waals surface area contributed by atoms with Crippen molar-refractivity contribution in [1.82, 2.24) is 14.2 Å². The Labute approximate surface area is 186 Å². The molecule has 0 aliphatic rings. The van der Waals surface area contributed by atoms with Crippen LogP contribution in [0.15, 0.2) is 77.7 Å². The molecule has 162 valence electrons. The SMILES string of the molecule is COc1ccc(/C=C/c2nc(-c3ccccc3O)n(S(=O)(=O)c3ccc(C)cc3)n2)cc1. The van der Waals surface area contributed by atoms with Crippen molar-refractivity contribution in [2.75, 3.05) is 7.11 Å². The summed E-state index contributed by atoms with van der Waals surface area (Å²) < 4.78 is 32.7. The number of nitrogens with zero attached hydrogens (tertiary/aromatic N) is 3. The van der Waals surface area contributed by atoms with E-state index in [1.807, 2.05) is 31.2 Å². The van der Waals surface area contributed by atoms with Gasteiger partial charge in [0.25, 0.3) is 10.0 Å². The molecule has 0 saturated carbocycles. The normalized spacial score (nSPS) is 11.7. The minimum absolute atomic E-state index is 0.0260. The lowest BCUT2D eigenvalue weighted by atomic mass is 10.2. The second-order valence-electron chi connectivity index (χ2n) is 7.08. The fraction of sp³-hybridized carbons (Fsp3) is 0.0833. The number of phenols is 1. The smallest absolute Gasteiger partial charge is 0.285 e. The minimum Gasteiger partial charge on any atom is -0.507 e. The largest absolute Gasteiger partial charge is 0.507 e. The molecule has 1 aromatic heterocycles. The van der Waals surface area contributed by atoms with Crippen molar-refractivity contribution in [2.24, 2.45) is 0 Å². The molecule has 8 heteroatoms. The van der Waals surface area contributed by atoms with Crippen molar-refractivity contribution >= 4 is 22.2 Å². The molecule has 0 aliphatic heterocycles. The molecule has 0 atom stereocenters. The van der Waals surface area contributed by atoms with Crippen molar-refractivity contribution in [1.29, 1.82) is 0 Å². The lowest BCUT2D eigenvalue weighted by Gasteiger charge is -2.08. The Morgan fingerprint density at radius 2 is 1.62 bits per heavy atom. The maximum absolute atomic E-state index is 13.3. The number of aromatic nitrogens is 3. The first-order valence-corrected chi connectivity index (χ1v) is 11.2. The van der Waals surface area contributed by atoms with Crippen molar-refractivity contribution in [3.05, 3.63) is 89.7 Å². The first kappa shape index (κ1) is 21.3. The second kappa shape index (κ2) is 8.68. The maximum atomic E-state index is 13.3. The van der Waals surface area contributed by atoms with E-state index >= 15 is 0 Å². The Balaban J connectivity index is 1.81. The summed E-state index contributed by atoms with van der Waals surface area (Å²) in [5.74, 6) is 0.856. The van der Waals surface area contributed by atoms with E-state index < -0.39 is 10.0 Å². The van der Waals surface area contributed by atoms with Gasteiger partial charge < -0.3 is 9.84 Å². The lowest BCUT2D eigenvalue weighted by molar-refractivity contribution is 0.415. The van der Waals surface area contributed by atoms with E-state index in [4.69, 9.17) is 4.74 Å². The molecule has 0 spiro atoms. The average molecular weight is 448 g/mol. The van der Waals surface area contributed by atoms with Gasteiger partial charge in [-0.3, -0.25) is 0 Å². The van der Waals surface area contributed by atoms with Crippen LogP contribution in [0.3, 0.4) is 0 Å². The van der Waals surface area contributed by atoms with E-state index in [9.17, 15) is 13.5 Å². The number of hydrogen-bond donors (Lipinski definition) is 1. The second-order valence-corrected chi connectivity index (χ2v) is 8.85. The van der Waals surface area contributed by atoms with Gasteiger partial charge in [-0.05, 0) is 55.0 Å². The summed E-state index contributed by atoms with van der Waals surface area (Å²) in [5.41, 5.74) is 2.07. The molecule has 0 unspecified atom stereocenters. The Kier molecular flexibility index (Phi) is 5.79. The Hall–Kier alpha value is -3.91. The summed E-state index contributed by atoms with van der Waals surface area (Å²) in [6.45, 7) is 1.88. The van der Waals surface area contributed by atoms with Crippen LogP contribution in [0.5, 0.6) is 11.5 Å². The summed E-state index contributed by atoms with van der Waals surface area (Å²) in [6.07, 6.45) is 3.39. The summed E-state index contributed by atoms with van der Waals surface area (Å²) in [5, 5.41) is 14.6. The first-order chi connectivity index (χ1) is 15.4. The van der Waals surface area contributed by atoms with Gasteiger partial charge in [0.1, 0.15) is 11.5 Å². The molecule has 1 heterocycles. The van der Waals surface area contributed by atoms with E-state index in [1.165, 1.54) is 18.2 Å². The van der Waals surface area contributed by atoms with Gasteiger partial charge >= 0.3 is 0 Å². The van der Waals surface area contributed by atoms with Crippen LogP contribution in [0.4, 0.5) is 0 Å². The topological polar surface area (TPSA) is 94.3 Å². The Morgan fingerprint density at radius 1 is 0.938 bits per heavy atom. The molecule has 1 N–H and O–H groups in total. The van der Waals surface area contributed by atoms with Gasteiger partial charge in [0.05, 0.1) is 17.6 Å². The number of rotatable bonds is 6. The standard InChI is InChI=1S/C24H21N3O4S/c1-17-7-14-20(15-8-17)32(29,30)27-24(21-5-3-4-6-22(21)28)25-23(26-27)16-11-18-9-12-19(31-2)13-10-18/h3-16,28H,1-2H3/b16-11+. The third-order valence-corrected chi connectivity index (χ3v) is 6.40. The zero-order chi connectivity index (χ0) is 22.7. The number of phenolic OH excluding ortho intramolecular Hbond substituents is 1. The number of aromatic hydroxyl groups is 1. The average Bonchev–Trinajstić information content (AvgIpc) is 3.23. The van der Waals surface area contributed by atoms with Crippen LogP contribution in [0, 0.1) is 6.92 Å². The highest BCUT2D eigenvalue weighted by Crippen LogP contribution is 2.30. The van der Waals surface area contributed by atoms with Gasteiger partial charge in [-0.1, -0.05) is 48.0 Å². The predicted molar refractivity (Wildman–Crippen MR) is 123 cm³/mol. The van der Waals surface area contributed by atoms with Crippen LogP contribution in [-0.4, -0.2) is 34.8 Å². The number of benzene rings is 3. The van der Waals surface area contributed by atoms with Gasteiger partial charge in [-0.25, -0.2) is 4.98 Å². The van der Waals surface area contributed by atoms with Gasteiger partial charge in [0, 0.05) is 0 Å². The molecule has 4 rings (SSSR count). The molecular weight excluding hydrogens is 426 g/mol. The number of para-hydroxylation sites is 1. The van der Waals surface area contributed by atoms with Gasteiger partial charge in [-0.15, -0.1) is 9.19 Å². The van der Waals surface area contributed by atoms with Crippen molar-refractivity contribution in [3.63, 3.8) is 0 Å². The van der Waals surface area contributed by atoms with Crippen LogP contribution < -0.4 is 4.74 Å². The molecule has 4 aromatic rings. The fourth-order valence-electron chi connectivity index (χ4n) is 3.07. The third-order valence-electron chi connectivity index (χ3n) is 4.83. The lowest BCUT2D eigenvalue weighted by Crippen LogP contribution is -2.16. The zero-order valence-electron chi connectivity index (χ0n) is 17.5. The van der Waals surface area contributed by atoms with Crippen LogP contribution >= 0.6 is 0 Å². The fourth-order valence-corrected chi connectivity index (χ4v) is 4.31. The highest BCUT2D eigenvalue weighted by Gasteiger charge is 2.25. The molecular formula is C24H21N3O4S. The molecule has 0 bridgehead atoms. The zero-order valence-corrected chi connectivity index (χ0v) is 18.3. The molecule has 0 aliphatic carbocycles. The highest BCUT2D eigenvalue weighted by atomic mass is 32.2. The number of hydrogen-bond acceptors (Lipinski definition) is 6. The monoisotopic (exact) mass is 447 g/mol. The maximum Gasteiger partial charge on any atom is 0.285 e. The highest BCUT2D eigenvalue weighted by molar-refractivity contribution is 7.90. The van der Waals surface area contributed by atoms with Gasteiger partial charge in [-0.2, -0.15) is 8.42 Å². The molecule has 3 aromatic carbocycles. The Morgan fingerprint density at radius 3 is 2.28 bits per heavy atom. The molecule has 7 nitrogen and oxygen atoms in total. The molecule has 0 saturated heterocycles. The van der Waals surface area contributed by atoms with Gasteiger partial charge in [0.2, 0.25) is 0 Å². The van der Waals surface area contributed by atoms with E-state index in [-0.39, 0.29) is 27.9 Å². The number of aryl methyl sites for hydroxylation is 1. The molecule has 0 amide bonds. The van der Waals surface area contributed by atoms with Crippen LogP contribution in [0.25, 0.3) is 23.5 Å². The van der Waals surface area contributed by atoms with Crippen LogP contribution in [0.1, 0.15) is 17.0 Å². The first-order valence-electron chi connectivity index (χ1n) is 9.78. The summed E-state index contributed by atoms with van der Waals surface area (Å²) in [7, 11) is -2.45.